The zero-order chi connectivity index (χ0) is 10.7. The molecule has 0 spiro atoms. The molecule has 1 heterocycles. The molecular formula is C11H9NO2S. The molecule has 0 atom stereocenters. The number of rotatable bonds is 2. The van der Waals surface area contributed by atoms with Crippen molar-refractivity contribution >= 4 is 33.4 Å². The minimum Gasteiger partial charge on any atom is -0.288 e. The summed E-state index contributed by atoms with van der Waals surface area (Å²) in [4.78, 5) is 10.8. The fourth-order valence-electron chi connectivity index (χ4n) is 1.33. The molecule has 0 unspecified atom stereocenters. The normalized spacial score (nSPS) is 11.0. The van der Waals surface area contributed by atoms with Gasteiger partial charge in [0.1, 0.15) is 0 Å². The monoisotopic (exact) mass is 219 g/mol. The van der Waals surface area contributed by atoms with E-state index in [-0.39, 0.29) is 0 Å². The zero-order valence-corrected chi connectivity index (χ0v) is 8.62. The number of benzene rings is 1. The van der Waals surface area contributed by atoms with Crippen LogP contribution in [0.5, 0.6) is 0 Å². The highest BCUT2D eigenvalue weighted by Gasteiger charge is 2.00. The molecule has 2 aromatic rings. The molecule has 0 saturated carbocycles. The summed E-state index contributed by atoms with van der Waals surface area (Å²) in [5, 5.41) is 11.4. The highest BCUT2D eigenvalue weighted by molar-refractivity contribution is 7.17. The van der Waals surface area contributed by atoms with Gasteiger partial charge in [-0.1, -0.05) is 18.2 Å². The minimum absolute atomic E-state index is 0.523. The highest BCUT2D eigenvalue weighted by Crippen LogP contribution is 2.26. The number of hydrogen-bond acceptors (Lipinski definition) is 3. The Balaban J connectivity index is 2.36. The number of nitrogens with one attached hydrogen (secondary N) is 1. The lowest BCUT2D eigenvalue weighted by Gasteiger charge is -1.91. The molecular weight excluding hydrogens is 210 g/mol. The van der Waals surface area contributed by atoms with Crippen LogP contribution in [0.2, 0.25) is 0 Å². The van der Waals surface area contributed by atoms with Gasteiger partial charge in [-0.15, -0.1) is 11.3 Å². The van der Waals surface area contributed by atoms with E-state index in [4.69, 9.17) is 5.21 Å². The number of fused-ring (bicyclic) bond motifs is 1. The van der Waals surface area contributed by atoms with Crippen molar-refractivity contribution in [2.45, 2.75) is 0 Å². The van der Waals surface area contributed by atoms with Gasteiger partial charge in [0.05, 0.1) is 0 Å². The Labute approximate surface area is 90.6 Å². The van der Waals surface area contributed by atoms with Crippen LogP contribution in [0.15, 0.2) is 35.7 Å². The van der Waals surface area contributed by atoms with Gasteiger partial charge >= 0.3 is 0 Å². The molecule has 0 radical (unpaired) electrons. The van der Waals surface area contributed by atoms with Crippen LogP contribution in [-0.4, -0.2) is 11.1 Å². The number of thiophene rings is 1. The predicted molar refractivity (Wildman–Crippen MR) is 60.8 cm³/mol. The summed E-state index contributed by atoms with van der Waals surface area (Å²) in [6, 6.07) is 7.97. The van der Waals surface area contributed by atoms with Gasteiger partial charge in [-0.25, -0.2) is 5.48 Å². The molecule has 0 aliphatic heterocycles. The molecule has 0 fully saturated rings. The first-order chi connectivity index (χ1) is 7.31. The maximum atomic E-state index is 10.8. The Morgan fingerprint density at radius 2 is 2.20 bits per heavy atom. The first kappa shape index (κ1) is 9.89. The second-order valence-electron chi connectivity index (χ2n) is 3.00. The fourth-order valence-corrected chi connectivity index (χ4v) is 2.26. The molecule has 4 heteroatoms. The Kier molecular flexibility index (Phi) is 2.80. The molecule has 2 rings (SSSR count). The maximum absolute atomic E-state index is 10.8. The van der Waals surface area contributed by atoms with Crippen LogP contribution in [0, 0.1) is 0 Å². The standard InChI is InChI=1S/C11H9NO2S/c13-11(12-14)6-5-8-7-15-10-4-2-1-3-9(8)10/h1-7,14H,(H,12,13). The lowest BCUT2D eigenvalue weighted by atomic mass is 10.1. The van der Waals surface area contributed by atoms with E-state index in [9.17, 15) is 4.79 Å². The van der Waals surface area contributed by atoms with Crippen molar-refractivity contribution in [3.63, 3.8) is 0 Å². The summed E-state index contributed by atoms with van der Waals surface area (Å²) in [7, 11) is 0. The number of carbonyl (C=O) groups is 1. The molecule has 1 aromatic heterocycles. The largest absolute Gasteiger partial charge is 0.288 e. The van der Waals surface area contributed by atoms with Gasteiger partial charge in [0.2, 0.25) is 0 Å². The molecule has 1 aromatic carbocycles. The summed E-state index contributed by atoms with van der Waals surface area (Å²) >= 11 is 1.63. The molecule has 15 heavy (non-hydrogen) atoms. The second kappa shape index (κ2) is 4.25. The summed E-state index contributed by atoms with van der Waals surface area (Å²) in [5.74, 6) is -0.523. The van der Waals surface area contributed by atoms with Gasteiger partial charge in [-0.05, 0) is 28.5 Å². The summed E-state index contributed by atoms with van der Waals surface area (Å²) in [5.41, 5.74) is 2.54. The van der Waals surface area contributed by atoms with Crippen molar-refractivity contribution in [1.29, 1.82) is 0 Å². The topological polar surface area (TPSA) is 49.3 Å². The third-order valence-corrected chi connectivity index (χ3v) is 3.02. The lowest BCUT2D eigenvalue weighted by molar-refractivity contribution is -0.124. The molecule has 2 N–H and O–H groups in total. The molecule has 1 amide bonds. The quantitative estimate of drug-likeness (QED) is 0.463. The number of amides is 1. The van der Waals surface area contributed by atoms with Crippen LogP contribution in [0.4, 0.5) is 0 Å². The average molecular weight is 219 g/mol. The first-order valence-electron chi connectivity index (χ1n) is 4.39. The smallest absolute Gasteiger partial charge is 0.267 e. The minimum atomic E-state index is -0.523. The Morgan fingerprint density at radius 3 is 3.00 bits per heavy atom. The van der Waals surface area contributed by atoms with Crippen molar-refractivity contribution in [2.24, 2.45) is 0 Å². The van der Waals surface area contributed by atoms with E-state index in [1.807, 2.05) is 29.6 Å². The Hall–Kier alpha value is -1.65. The predicted octanol–water partition coefficient (Wildman–Crippen LogP) is 2.42. The summed E-state index contributed by atoms with van der Waals surface area (Å²) in [6.07, 6.45) is 2.98. The van der Waals surface area contributed by atoms with Crippen LogP contribution in [0.1, 0.15) is 5.56 Å². The van der Waals surface area contributed by atoms with Crippen molar-refractivity contribution in [1.82, 2.24) is 5.48 Å². The van der Waals surface area contributed by atoms with Gasteiger partial charge < -0.3 is 0 Å². The van der Waals surface area contributed by atoms with Crippen molar-refractivity contribution in [3.8, 4) is 0 Å². The fraction of sp³-hybridized carbons (Fsp3) is 0. The van der Waals surface area contributed by atoms with E-state index in [0.717, 1.165) is 10.9 Å². The van der Waals surface area contributed by atoms with Gasteiger partial charge in [0.25, 0.3) is 5.91 Å². The molecule has 0 saturated heterocycles. The van der Waals surface area contributed by atoms with E-state index in [1.165, 1.54) is 10.8 Å². The average Bonchev–Trinajstić information content (AvgIpc) is 2.69. The van der Waals surface area contributed by atoms with Gasteiger partial charge in [0.15, 0.2) is 0 Å². The van der Waals surface area contributed by atoms with Crippen molar-refractivity contribution in [3.05, 3.63) is 41.3 Å². The molecule has 3 nitrogen and oxygen atoms in total. The van der Waals surface area contributed by atoms with E-state index in [1.54, 1.807) is 22.9 Å². The first-order valence-corrected chi connectivity index (χ1v) is 5.27. The molecule has 0 bridgehead atoms. The van der Waals surface area contributed by atoms with E-state index < -0.39 is 5.91 Å². The van der Waals surface area contributed by atoms with E-state index >= 15 is 0 Å². The number of hydroxylamine groups is 1. The van der Waals surface area contributed by atoms with Crippen molar-refractivity contribution in [2.75, 3.05) is 0 Å². The number of hydrogen-bond donors (Lipinski definition) is 2. The lowest BCUT2D eigenvalue weighted by Crippen LogP contribution is -2.14. The SMILES string of the molecule is O=C(C=Cc1csc2ccccc12)NO. The Bertz CT molecular complexity index is 516. The number of carbonyl (C=O) groups excluding carboxylic acids is 1. The van der Waals surface area contributed by atoms with Gasteiger partial charge in [-0.3, -0.25) is 10.0 Å². The summed E-state index contributed by atoms with van der Waals surface area (Å²) < 4.78 is 1.18. The van der Waals surface area contributed by atoms with Gasteiger partial charge in [-0.2, -0.15) is 0 Å². The van der Waals surface area contributed by atoms with Crippen LogP contribution in [-0.2, 0) is 4.79 Å². The van der Waals surface area contributed by atoms with E-state index in [0.29, 0.717) is 0 Å². The Morgan fingerprint density at radius 1 is 1.40 bits per heavy atom. The molecule has 76 valence electrons. The molecule has 0 aliphatic carbocycles. The zero-order valence-electron chi connectivity index (χ0n) is 7.81. The highest BCUT2D eigenvalue weighted by atomic mass is 32.1. The third-order valence-electron chi connectivity index (χ3n) is 2.04. The summed E-state index contributed by atoms with van der Waals surface area (Å²) in [6.45, 7) is 0. The van der Waals surface area contributed by atoms with Crippen LogP contribution < -0.4 is 5.48 Å². The van der Waals surface area contributed by atoms with Gasteiger partial charge in [0, 0.05) is 10.8 Å². The maximum Gasteiger partial charge on any atom is 0.267 e. The van der Waals surface area contributed by atoms with Crippen LogP contribution in [0.25, 0.3) is 16.2 Å². The van der Waals surface area contributed by atoms with E-state index in [2.05, 4.69) is 0 Å². The van der Waals surface area contributed by atoms with Crippen molar-refractivity contribution < 1.29 is 10.0 Å². The molecule has 0 aliphatic rings. The van der Waals surface area contributed by atoms with Crippen LogP contribution in [0.3, 0.4) is 0 Å². The van der Waals surface area contributed by atoms with Crippen LogP contribution >= 0.6 is 11.3 Å². The third kappa shape index (κ3) is 2.06. The second-order valence-corrected chi connectivity index (χ2v) is 3.91.